The minimum absolute atomic E-state index is 0.131. The number of aliphatic hydroxyl groups is 1. The smallest absolute Gasteiger partial charge is 0.323 e. The molecule has 25 heavy (non-hydrogen) atoms. The summed E-state index contributed by atoms with van der Waals surface area (Å²) in [6, 6.07) is 7.62. The first-order valence-corrected chi connectivity index (χ1v) is 8.28. The SMILES string of the molecule is Cc1cc(NC(=O)N2CCN(CCO)CC2)nn1-c1ccc(F)cc1. The largest absolute Gasteiger partial charge is 0.395 e. The highest BCUT2D eigenvalue weighted by Crippen LogP contribution is 2.16. The van der Waals surface area contributed by atoms with Gasteiger partial charge in [-0.2, -0.15) is 0 Å². The molecule has 134 valence electrons. The Morgan fingerprint density at radius 1 is 1.24 bits per heavy atom. The van der Waals surface area contributed by atoms with Crippen molar-refractivity contribution >= 4 is 11.8 Å². The van der Waals surface area contributed by atoms with Crippen LogP contribution in [0.25, 0.3) is 5.69 Å². The quantitative estimate of drug-likeness (QED) is 0.878. The fourth-order valence-corrected chi connectivity index (χ4v) is 2.88. The molecule has 1 aliphatic rings. The van der Waals surface area contributed by atoms with Crippen LogP contribution in [0.3, 0.4) is 0 Å². The lowest BCUT2D eigenvalue weighted by molar-refractivity contribution is 0.127. The normalized spacial score (nSPS) is 15.4. The van der Waals surface area contributed by atoms with E-state index in [0.29, 0.717) is 25.5 Å². The number of carbonyl (C=O) groups is 1. The Kier molecular flexibility index (Phi) is 5.30. The van der Waals surface area contributed by atoms with E-state index in [0.717, 1.165) is 24.5 Å². The number of piperazine rings is 1. The van der Waals surface area contributed by atoms with Gasteiger partial charge in [0.05, 0.1) is 12.3 Å². The zero-order valence-corrected chi connectivity index (χ0v) is 14.2. The number of carbonyl (C=O) groups excluding carboxylic acids is 1. The van der Waals surface area contributed by atoms with Gasteiger partial charge in [0.1, 0.15) is 5.82 Å². The second kappa shape index (κ2) is 7.62. The molecule has 2 amide bonds. The number of amides is 2. The van der Waals surface area contributed by atoms with E-state index in [1.165, 1.54) is 12.1 Å². The van der Waals surface area contributed by atoms with Gasteiger partial charge in [-0.25, -0.2) is 13.9 Å². The highest BCUT2D eigenvalue weighted by Gasteiger charge is 2.21. The molecule has 1 aliphatic heterocycles. The molecule has 0 unspecified atom stereocenters. The Morgan fingerprint density at radius 3 is 2.56 bits per heavy atom. The van der Waals surface area contributed by atoms with Crippen LogP contribution >= 0.6 is 0 Å². The van der Waals surface area contributed by atoms with Gasteiger partial charge >= 0.3 is 6.03 Å². The number of nitrogens with zero attached hydrogens (tertiary/aromatic N) is 4. The van der Waals surface area contributed by atoms with Crippen molar-refractivity contribution in [1.29, 1.82) is 0 Å². The molecule has 3 rings (SSSR count). The van der Waals surface area contributed by atoms with E-state index in [2.05, 4.69) is 15.3 Å². The van der Waals surface area contributed by atoms with E-state index in [1.807, 2.05) is 6.92 Å². The monoisotopic (exact) mass is 347 g/mol. The second-order valence-corrected chi connectivity index (χ2v) is 6.04. The Hall–Kier alpha value is -2.45. The van der Waals surface area contributed by atoms with Crippen molar-refractivity contribution in [1.82, 2.24) is 19.6 Å². The average molecular weight is 347 g/mol. The van der Waals surface area contributed by atoms with Gasteiger partial charge in [0.15, 0.2) is 5.82 Å². The number of nitrogens with one attached hydrogen (secondary N) is 1. The molecule has 0 atom stereocenters. The second-order valence-electron chi connectivity index (χ2n) is 6.04. The summed E-state index contributed by atoms with van der Waals surface area (Å²) in [6.45, 7) is 5.36. The van der Waals surface area contributed by atoms with Crippen LogP contribution in [0.4, 0.5) is 15.0 Å². The summed E-state index contributed by atoms with van der Waals surface area (Å²) in [6.07, 6.45) is 0. The van der Waals surface area contributed by atoms with Crippen molar-refractivity contribution in [2.24, 2.45) is 0 Å². The molecular formula is C17H22FN5O2. The van der Waals surface area contributed by atoms with Crippen molar-refractivity contribution in [3.05, 3.63) is 41.8 Å². The van der Waals surface area contributed by atoms with Crippen molar-refractivity contribution in [2.75, 3.05) is 44.6 Å². The zero-order valence-electron chi connectivity index (χ0n) is 14.2. The molecule has 2 aromatic rings. The first kappa shape index (κ1) is 17.4. The van der Waals surface area contributed by atoms with E-state index < -0.39 is 0 Å². The van der Waals surface area contributed by atoms with Crippen LogP contribution in [-0.2, 0) is 0 Å². The predicted molar refractivity (Wildman–Crippen MR) is 92.4 cm³/mol. The number of halogens is 1. The van der Waals surface area contributed by atoms with Crippen LogP contribution in [0.1, 0.15) is 5.69 Å². The summed E-state index contributed by atoms with van der Waals surface area (Å²) < 4.78 is 14.7. The van der Waals surface area contributed by atoms with Crippen LogP contribution in [0.15, 0.2) is 30.3 Å². The minimum Gasteiger partial charge on any atom is -0.395 e. The number of hydrogen-bond acceptors (Lipinski definition) is 4. The Bertz CT molecular complexity index is 723. The highest BCUT2D eigenvalue weighted by molar-refractivity contribution is 5.88. The van der Waals surface area contributed by atoms with Crippen molar-refractivity contribution in [3.63, 3.8) is 0 Å². The highest BCUT2D eigenvalue weighted by atomic mass is 19.1. The molecule has 0 saturated carbocycles. The lowest BCUT2D eigenvalue weighted by Crippen LogP contribution is -2.50. The van der Waals surface area contributed by atoms with Gasteiger partial charge in [-0.1, -0.05) is 0 Å². The number of rotatable bonds is 4. The Balaban J connectivity index is 1.63. The third-order valence-corrected chi connectivity index (χ3v) is 4.27. The first-order valence-electron chi connectivity index (χ1n) is 8.28. The molecule has 8 heteroatoms. The van der Waals surface area contributed by atoms with Crippen LogP contribution in [0.2, 0.25) is 0 Å². The number of anilines is 1. The van der Waals surface area contributed by atoms with Gasteiger partial charge in [0, 0.05) is 44.5 Å². The molecule has 0 radical (unpaired) electrons. The molecule has 1 aromatic carbocycles. The summed E-state index contributed by atoms with van der Waals surface area (Å²) in [5.74, 6) is 0.159. The minimum atomic E-state index is -0.303. The maximum atomic E-state index is 13.1. The summed E-state index contributed by atoms with van der Waals surface area (Å²) in [5, 5.41) is 16.2. The molecule has 2 N–H and O–H groups in total. The maximum absolute atomic E-state index is 13.1. The van der Waals surface area contributed by atoms with Crippen LogP contribution in [0, 0.1) is 12.7 Å². The summed E-state index contributed by atoms with van der Waals surface area (Å²) >= 11 is 0. The van der Waals surface area contributed by atoms with Crippen LogP contribution in [0.5, 0.6) is 0 Å². The standard InChI is InChI=1S/C17H22FN5O2/c1-13-12-16(20-23(13)15-4-2-14(18)3-5-15)19-17(25)22-8-6-21(7-9-22)10-11-24/h2-5,12,24H,6-11H2,1H3,(H,19,20,25). The number of aromatic nitrogens is 2. The summed E-state index contributed by atoms with van der Waals surface area (Å²) in [7, 11) is 0. The van der Waals surface area contributed by atoms with E-state index in [-0.39, 0.29) is 18.5 Å². The van der Waals surface area contributed by atoms with Gasteiger partial charge in [-0.3, -0.25) is 10.2 Å². The third kappa shape index (κ3) is 4.15. The average Bonchev–Trinajstić information content (AvgIpc) is 2.97. The number of β-amino-alcohol motifs (C(OH)–C–C–N with tert-alkyl or cyclic N) is 1. The van der Waals surface area contributed by atoms with Crippen molar-refractivity contribution < 1.29 is 14.3 Å². The van der Waals surface area contributed by atoms with E-state index in [9.17, 15) is 9.18 Å². The number of benzene rings is 1. The topological polar surface area (TPSA) is 73.6 Å². The van der Waals surface area contributed by atoms with Gasteiger partial charge in [-0.05, 0) is 31.2 Å². The molecule has 2 heterocycles. The lowest BCUT2D eigenvalue weighted by Gasteiger charge is -2.34. The maximum Gasteiger partial charge on any atom is 0.323 e. The molecule has 1 aromatic heterocycles. The number of aliphatic hydroxyl groups excluding tert-OH is 1. The van der Waals surface area contributed by atoms with Crippen molar-refractivity contribution in [3.8, 4) is 5.69 Å². The van der Waals surface area contributed by atoms with Gasteiger partial charge < -0.3 is 10.0 Å². The zero-order chi connectivity index (χ0) is 17.8. The Labute approximate surface area is 145 Å². The molecule has 0 aliphatic carbocycles. The Morgan fingerprint density at radius 2 is 1.92 bits per heavy atom. The third-order valence-electron chi connectivity index (χ3n) is 4.27. The van der Waals surface area contributed by atoms with Gasteiger partial charge in [0.2, 0.25) is 0 Å². The molecule has 0 spiro atoms. The lowest BCUT2D eigenvalue weighted by atomic mass is 10.3. The van der Waals surface area contributed by atoms with E-state index in [4.69, 9.17) is 5.11 Å². The molecule has 1 saturated heterocycles. The summed E-state index contributed by atoms with van der Waals surface area (Å²) in [5.41, 5.74) is 1.58. The molecule has 7 nitrogen and oxygen atoms in total. The van der Waals surface area contributed by atoms with Crippen LogP contribution in [-0.4, -0.2) is 70.0 Å². The molecule has 0 bridgehead atoms. The number of hydrogen-bond donors (Lipinski definition) is 2. The molecule has 1 fully saturated rings. The number of urea groups is 1. The fourth-order valence-electron chi connectivity index (χ4n) is 2.88. The van der Waals surface area contributed by atoms with Gasteiger partial charge in [-0.15, -0.1) is 5.10 Å². The number of aryl methyl sites for hydroxylation is 1. The van der Waals surface area contributed by atoms with E-state index in [1.54, 1.807) is 27.8 Å². The first-order chi connectivity index (χ1) is 12.1. The van der Waals surface area contributed by atoms with E-state index >= 15 is 0 Å². The predicted octanol–water partition coefficient (Wildman–Crippen LogP) is 1.46. The fraction of sp³-hybridized carbons (Fsp3) is 0.412. The molecular weight excluding hydrogens is 325 g/mol. The summed E-state index contributed by atoms with van der Waals surface area (Å²) in [4.78, 5) is 16.2. The van der Waals surface area contributed by atoms with Crippen LogP contribution < -0.4 is 5.32 Å². The van der Waals surface area contributed by atoms with Crippen molar-refractivity contribution in [2.45, 2.75) is 6.92 Å². The van der Waals surface area contributed by atoms with Gasteiger partial charge in [0.25, 0.3) is 0 Å².